The standard InChI is InChI=1S/C12H21NO/c1-12(7-8-14-10-12)9-13-11-5-3-2-4-6-11/h3,5,11,13H,2,4,6-10H2,1H3. The van der Waals surface area contributed by atoms with Gasteiger partial charge in [0.2, 0.25) is 0 Å². The number of nitrogens with one attached hydrogen (secondary N) is 1. The maximum absolute atomic E-state index is 5.44. The Morgan fingerprint density at radius 1 is 1.57 bits per heavy atom. The Bertz CT molecular complexity index is 206. The van der Waals surface area contributed by atoms with E-state index in [4.69, 9.17) is 4.74 Å². The second-order valence-electron chi connectivity index (χ2n) is 4.96. The van der Waals surface area contributed by atoms with E-state index in [9.17, 15) is 0 Å². The molecule has 80 valence electrons. The number of allylic oxidation sites excluding steroid dienone is 1. The molecule has 1 aliphatic carbocycles. The van der Waals surface area contributed by atoms with Crippen molar-refractivity contribution >= 4 is 0 Å². The molecule has 0 saturated carbocycles. The van der Waals surface area contributed by atoms with Crippen LogP contribution in [-0.2, 0) is 4.74 Å². The van der Waals surface area contributed by atoms with E-state index >= 15 is 0 Å². The highest BCUT2D eigenvalue weighted by atomic mass is 16.5. The lowest BCUT2D eigenvalue weighted by Gasteiger charge is -2.26. The van der Waals surface area contributed by atoms with Crippen LogP contribution in [0, 0.1) is 5.41 Å². The van der Waals surface area contributed by atoms with Crippen LogP contribution in [0.2, 0.25) is 0 Å². The van der Waals surface area contributed by atoms with Gasteiger partial charge in [0, 0.05) is 24.6 Å². The molecule has 2 atom stereocenters. The molecule has 2 aliphatic rings. The van der Waals surface area contributed by atoms with Crippen LogP contribution in [0.15, 0.2) is 12.2 Å². The summed E-state index contributed by atoms with van der Waals surface area (Å²) in [4.78, 5) is 0. The summed E-state index contributed by atoms with van der Waals surface area (Å²) in [5.74, 6) is 0. The van der Waals surface area contributed by atoms with Crippen LogP contribution in [-0.4, -0.2) is 25.8 Å². The van der Waals surface area contributed by atoms with E-state index in [1.807, 2.05) is 0 Å². The predicted octanol–water partition coefficient (Wildman–Crippen LogP) is 2.11. The normalized spacial score (nSPS) is 37.6. The first-order valence-electron chi connectivity index (χ1n) is 5.76. The minimum Gasteiger partial charge on any atom is -0.381 e. The Morgan fingerprint density at radius 2 is 2.50 bits per heavy atom. The fourth-order valence-electron chi connectivity index (χ4n) is 2.21. The Labute approximate surface area is 86.7 Å². The monoisotopic (exact) mass is 195 g/mol. The largest absolute Gasteiger partial charge is 0.381 e. The quantitative estimate of drug-likeness (QED) is 0.696. The lowest BCUT2D eigenvalue weighted by atomic mass is 9.89. The summed E-state index contributed by atoms with van der Waals surface area (Å²) in [5, 5.41) is 3.64. The van der Waals surface area contributed by atoms with Gasteiger partial charge in [-0.25, -0.2) is 0 Å². The number of ether oxygens (including phenoxy) is 1. The van der Waals surface area contributed by atoms with Crippen LogP contribution in [0.4, 0.5) is 0 Å². The topological polar surface area (TPSA) is 21.3 Å². The van der Waals surface area contributed by atoms with Crippen molar-refractivity contribution in [2.24, 2.45) is 5.41 Å². The molecule has 1 heterocycles. The molecular formula is C12H21NO. The van der Waals surface area contributed by atoms with E-state index in [0.29, 0.717) is 11.5 Å². The molecule has 0 amide bonds. The van der Waals surface area contributed by atoms with Crippen LogP contribution in [0.1, 0.15) is 32.6 Å². The van der Waals surface area contributed by atoms with Crippen molar-refractivity contribution in [1.82, 2.24) is 5.32 Å². The third kappa shape index (κ3) is 2.58. The van der Waals surface area contributed by atoms with E-state index in [1.54, 1.807) is 0 Å². The first-order chi connectivity index (χ1) is 6.79. The molecule has 0 aromatic rings. The number of rotatable bonds is 3. The van der Waals surface area contributed by atoms with Crippen molar-refractivity contribution in [2.45, 2.75) is 38.6 Å². The van der Waals surface area contributed by atoms with Crippen molar-refractivity contribution in [3.63, 3.8) is 0 Å². The van der Waals surface area contributed by atoms with Crippen molar-refractivity contribution in [3.8, 4) is 0 Å². The minimum atomic E-state index is 0.380. The van der Waals surface area contributed by atoms with Gasteiger partial charge in [0.05, 0.1) is 6.61 Å². The Hall–Kier alpha value is -0.340. The van der Waals surface area contributed by atoms with Crippen LogP contribution in [0.5, 0.6) is 0 Å². The molecule has 14 heavy (non-hydrogen) atoms. The summed E-state index contributed by atoms with van der Waals surface area (Å²) in [5.41, 5.74) is 0.380. The number of hydrogen-bond donors (Lipinski definition) is 1. The highest BCUT2D eigenvalue weighted by molar-refractivity contribution is 4.98. The maximum Gasteiger partial charge on any atom is 0.0532 e. The summed E-state index contributed by atoms with van der Waals surface area (Å²) >= 11 is 0. The second-order valence-corrected chi connectivity index (χ2v) is 4.96. The van der Waals surface area contributed by atoms with Crippen LogP contribution in [0.25, 0.3) is 0 Å². The summed E-state index contributed by atoms with van der Waals surface area (Å²) < 4.78 is 5.44. The lowest BCUT2D eigenvalue weighted by Crippen LogP contribution is -2.38. The fourth-order valence-corrected chi connectivity index (χ4v) is 2.21. The maximum atomic E-state index is 5.44. The van der Waals surface area contributed by atoms with E-state index in [2.05, 4.69) is 24.4 Å². The van der Waals surface area contributed by atoms with Crippen molar-refractivity contribution < 1.29 is 4.74 Å². The zero-order chi connectivity index (χ0) is 9.86. The lowest BCUT2D eigenvalue weighted by molar-refractivity contribution is 0.157. The van der Waals surface area contributed by atoms with E-state index in [1.165, 1.54) is 25.7 Å². The Kier molecular flexibility index (Phi) is 3.24. The Balaban J connectivity index is 1.75. The molecular weight excluding hydrogens is 174 g/mol. The van der Waals surface area contributed by atoms with E-state index in [0.717, 1.165) is 19.8 Å². The molecule has 2 heteroatoms. The smallest absolute Gasteiger partial charge is 0.0532 e. The number of hydrogen-bond acceptors (Lipinski definition) is 2. The zero-order valence-corrected chi connectivity index (χ0v) is 9.09. The predicted molar refractivity (Wildman–Crippen MR) is 58.3 cm³/mol. The molecule has 2 nitrogen and oxygen atoms in total. The third-order valence-corrected chi connectivity index (χ3v) is 3.35. The molecule has 0 radical (unpaired) electrons. The van der Waals surface area contributed by atoms with Crippen molar-refractivity contribution in [2.75, 3.05) is 19.8 Å². The molecule has 1 aliphatic heterocycles. The van der Waals surface area contributed by atoms with Gasteiger partial charge >= 0.3 is 0 Å². The van der Waals surface area contributed by atoms with Gasteiger partial charge in [-0.2, -0.15) is 0 Å². The van der Waals surface area contributed by atoms with Gasteiger partial charge < -0.3 is 10.1 Å². The molecule has 0 aromatic carbocycles. The molecule has 0 spiro atoms. The minimum absolute atomic E-state index is 0.380. The van der Waals surface area contributed by atoms with Crippen LogP contribution >= 0.6 is 0 Å². The fraction of sp³-hybridized carbons (Fsp3) is 0.833. The summed E-state index contributed by atoms with van der Waals surface area (Å²) in [6.07, 6.45) is 9.72. The van der Waals surface area contributed by atoms with Crippen LogP contribution in [0.3, 0.4) is 0 Å². The van der Waals surface area contributed by atoms with Gasteiger partial charge in [0.1, 0.15) is 0 Å². The zero-order valence-electron chi connectivity index (χ0n) is 9.09. The molecule has 2 rings (SSSR count). The van der Waals surface area contributed by atoms with E-state index in [-0.39, 0.29) is 0 Å². The second kappa shape index (κ2) is 4.45. The van der Waals surface area contributed by atoms with Gasteiger partial charge in [-0.1, -0.05) is 19.1 Å². The SMILES string of the molecule is CC1(CNC2C=CCCC2)CCOC1. The van der Waals surface area contributed by atoms with Gasteiger partial charge in [-0.15, -0.1) is 0 Å². The molecule has 1 N–H and O–H groups in total. The highest BCUT2D eigenvalue weighted by Gasteiger charge is 2.29. The summed E-state index contributed by atoms with van der Waals surface area (Å²) in [6, 6.07) is 0.612. The molecule has 2 unspecified atom stereocenters. The van der Waals surface area contributed by atoms with Crippen molar-refractivity contribution in [1.29, 1.82) is 0 Å². The molecule has 0 aromatic heterocycles. The Morgan fingerprint density at radius 3 is 3.14 bits per heavy atom. The van der Waals surface area contributed by atoms with Gasteiger partial charge in [0.25, 0.3) is 0 Å². The summed E-state index contributed by atoms with van der Waals surface area (Å²) in [7, 11) is 0. The first kappa shape index (κ1) is 10.2. The molecule has 1 fully saturated rings. The first-order valence-corrected chi connectivity index (χ1v) is 5.76. The highest BCUT2D eigenvalue weighted by Crippen LogP contribution is 2.27. The third-order valence-electron chi connectivity index (χ3n) is 3.35. The average molecular weight is 195 g/mol. The van der Waals surface area contributed by atoms with Gasteiger partial charge in [-0.05, 0) is 25.7 Å². The van der Waals surface area contributed by atoms with Crippen molar-refractivity contribution in [3.05, 3.63) is 12.2 Å². The molecule has 1 saturated heterocycles. The summed E-state index contributed by atoms with van der Waals surface area (Å²) in [6.45, 7) is 5.29. The molecule has 0 bridgehead atoms. The average Bonchev–Trinajstić information content (AvgIpc) is 2.65. The van der Waals surface area contributed by atoms with E-state index < -0.39 is 0 Å². The van der Waals surface area contributed by atoms with Crippen LogP contribution < -0.4 is 5.32 Å². The van der Waals surface area contributed by atoms with Gasteiger partial charge in [0.15, 0.2) is 0 Å². The van der Waals surface area contributed by atoms with Gasteiger partial charge in [-0.3, -0.25) is 0 Å².